The maximum atomic E-state index is 10.9. The first-order chi connectivity index (χ1) is 11.7. The Morgan fingerprint density at radius 3 is 2.83 bits per heavy atom. The van der Waals surface area contributed by atoms with E-state index in [1.54, 1.807) is 13.3 Å². The number of aliphatic carboxylic acids is 1. The van der Waals surface area contributed by atoms with Crippen molar-refractivity contribution in [1.29, 1.82) is 0 Å². The fourth-order valence-corrected chi connectivity index (χ4v) is 3.08. The second-order valence-corrected chi connectivity index (χ2v) is 6.02. The lowest BCUT2D eigenvalue weighted by Crippen LogP contribution is -2.37. The van der Waals surface area contributed by atoms with Gasteiger partial charge in [0.05, 0.1) is 12.8 Å². The number of ether oxygens (including phenoxy) is 1. The summed E-state index contributed by atoms with van der Waals surface area (Å²) in [6.07, 6.45) is 3.87. The van der Waals surface area contributed by atoms with E-state index in [1.807, 2.05) is 30.3 Å². The molecule has 0 spiro atoms. The molecule has 6 heteroatoms. The predicted octanol–water partition coefficient (Wildman–Crippen LogP) is 2.84. The van der Waals surface area contributed by atoms with Crippen molar-refractivity contribution < 1.29 is 14.6 Å². The summed E-state index contributed by atoms with van der Waals surface area (Å²) in [6.45, 7) is 1.56. The molecule has 3 rings (SSSR count). The topological polar surface area (TPSA) is 75.5 Å². The third-order valence-corrected chi connectivity index (χ3v) is 4.29. The molecule has 2 aromatic rings. The molecule has 0 saturated carbocycles. The SMILES string of the molecule is COc1ccc(-c2ccnc(N3CCCC(CC(=O)O)C3)n2)cc1. The molecule has 1 aromatic heterocycles. The minimum absolute atomic E-state index is 0.157. The zero-order chi connectivity index (χ0) is 16.9. The van der Waals surface area contributed by atoms with Gasteiger partial charge in [-0.25, -0.2) is 9.97 Å². The molecule has 1 fully saturated rings. The highest BCUT2D eigenvalue weighted by molar-refractivity contribution is 5.67. The third kappa shape index (κ3) is 3.82. The largest absolute Gasteiger partial charge is 0.497 e. The summed E-state index contributed by atoms with van der Waals surface area (Å²) in [7, 11) is 1.64. The lowest BCUT2D eigenvalue weighted by atomic mass is 9.95. The van der Waals surface area contributed by atoms with Crippen LogP contribution in [0.2, 0.25) is 0 Å². The van der Waals surface area contributed by atoms with Crippen molar-refractivity contribution in [3.63, 3.8) is 0 Å². The van der Waals surface area contributed by atoms with Crippen molar-refractivity contribution in [1.82, 2.24) is 9.97 Å². The van der Waals surface area contributed by atoms with Crippen molar-refractivity contribution >= 4 is 11.9 Å². The van der Waals surface area contributed by atoms with Crippen molar-refractivity contribution in [2.24, 2.45) is 5.92 Å². The summed E-state index contributed by atoms with van der Waals surface area (Å²) in [6, 6.07) is 9.62. The molecule has 1 aliphatic heterocycles. The van der Waals surface area contributed by atoms with Crippen molar-refractivity contribution in [2.75, 3.05) is 25.1 Å². The van der Waals surface area contributed by atoms with Crippen molar-refractivity contribution in [3.8, 4) is 17.0 Å². The van der Waals surface area contributed by atoms with E-state index in [4.69, 9.17) is 9.84 Å². The normalized spacial score (nSPS) is 17.5. The molecule has 1 aromatic carbocycles. The van der Waals surface area contributed by atoms with Crippen molar-refractivity contribution in [3.05, 3.63) is 36.5 Å². The molecule has 1 aliphatic rings. The van der Waals surface area contributed by atoms with Gasteiger partial charge in [-0.3, -0.25) is 4.79 Å². The Morgan fingerprint density at radius 2 is 2.12 bits per heavy atom. The van der Waals surface area contributed by atoms with Gasteiger partial charge in [0.15, 0.2) is 0 Å². The van der Waals surface area contributed by atoms with Crippen LogP contribution in [0, 0.1) is 5.92 Å². The lowest BCUT2D eigenvalue weighted by Gasteiger charge is -2.32. The molecule has 0 aliphatic carbocycles. The van der Waals surface area contributed by atoms with E-state index in [1.165, 1.54) is 0 Å². The summed E-state index contributed by atoms with van der Waals surface area (Å²) in [5.41, 5.74) is 1.85. The fourth-order valence-electron chi connectivity index (χ4n) is 3.08. The highest BCUT2D eigenvalue weighted by Gasteiger charge is 2.23. The van der Waals surface area contributed by atoms with Gasteiger partial charge in [0, 0.05) is 31.3 Å². The van der Waals surface area contributed by atoms with Crippen LogP contribution >= 0.6 is 0 Å². The molecule has 1 N–H and O–H groups in total. The molecule has 1 atom stereocenters. The summed E-state index contributed by atoms with van der Waals surface area (Å²) >= 11 is 0. The van der Waals surface area contributed by atoms with Crippen LogP contribution in [0.3, 0.4) is 0 Å². The number of hydrogen-bond donors (Lipinski definition) is 1. The first kappa shape index (κ1) is 16.2. The number of anilines is 1. The monoisotopic (exact) mass is 327 g/mol. The molecule has 2 heterocycles. The van der Waals surface area contributed by atoms with Gasteiger partial charge in [-0.15, -0.1) is 0 Å². The van der Waals surface area contributed by atoms with Crippen LogP contribution in [-0.4, -0.2) is 41.2 Å². The number of rotatable bonds is 5. The average molecular weight is 327 g/mol. The molecular formula is C18H21N3O3. The summed E-state index contributed by atoms with van der Waals surface area (Å²) in [5, 5.41) is 9.00. The first-order valence-electron chi connectivity index (χ1n) is 8.10. The van der Waals surface area contributed by atoms with Gasteiger partial charge in [-0.1, -0.05) is 0 Å². The zero-order valence-electron chi connectivity index (χ0n) is 13.7. The van der Waals surface area contributed by atoms with Gasteiger partial charge in [-0.05, 0) is 49.1 Å². The van der Waals surface area contributed by atoms with Gasteiger partial charge >= 0.3 is 5.97 Å². The molecule has 0 bridgehead atoms. The smallest absolute Gasteiger partial charge is 0.303 e. The number of methoxy groups -OCH3 is 1. The summed E-state index contributed by atoms with van der Waals surface area (Å²) in [4.78, 5) is 22.1. The van der Waals surface area contributed by atoms with Gasteiger partial charge in [0.25, 0.3) is 0 Å². The highest BCUT2D eigenvalue weighted by atomic mass is 16.5. The minimum Gasteiger partial charge on any atom is -0.497 e. The number of benzene rings is 1. The molecular weight excluding hydrogens is 306 g/mol. The van der Waals surface area contributed by atoms with E-state index in [9.17, 15) is 4.79 Å². The highest BCUT2D eigenvalue weighted by Crippen LogP contribution is 2.25. The second-order valence-electron chi connectivity index (χ2n) is 6.02. The van der Waals surface area contributed by atoms with E-state index in [2.05, 4.69) is 14.9 Å². The quantitative estimate of drug-likeness (QED) is 0.910. The average Bonchev–Trinajstić information content (AvgIpc) is 2.62. The van der Waals surface area contributed by atoms with Crippen LogP contribution in [0.25, 0.3) is 11.3 Å². The van der Waals surface area contributed by atoms with E-state index < -0.39 is 5.97 Å². The fraction of sp³-hybridized carbons (Fsp3) is 0.389. The van der Waals surface area contributed by atoms with E-state index in [0.29, 0.717) is 12.5 Å². The molecule has 0 radical (unpaired) electrons. The maximum Gasteiger partial charge on any atom is 0.303 e. The molecule has 24 heavy (non-hydrogen) atoms. The van der Waals surface area contributed by atoms with Crippen LogP contribution in [0.1, 0.15) is 19.3 Å². The Labute approximate surface area is 141 Å². The summed E-state index contributed by atoms with van der Waals surface area (Å²) < 4.78 is 5.18. The Bertz CT molecular complexity index is 703. The van der Waals surface area contributed by atoms with Gasteiger partial charge in [-0.2, -0.15) is 0 Å². The summed E-state index contributed by atoms with van der Waals surface area (Å²) in [5.74, 6) is 0.887. The minimum atomic E-state index is -0.741. The second kappa shape index (κ2) is 7.29. The number of carbonyl (C=O) groups is 1. The molecule has 126 valence electrons. The van der Waals surface area contributed by atoms with Gasteiger partial charge in [0.1, 0.15) is 5.75 Å². The van der Waals surface area contributed by atoms with Gasteiger partial charge < -0.3 is 14.7 Å². The zero-order valence-corrected chi connectivity index (χ0v) is 13.7. The standard InChI is InChI=1S/C18H21N3O3/c1-24-15-6-4-14(5-7-15)16-8-9-19-18(20-16)21-10-2-3-13(12-21)11-17(22)23/h4-9,13H,2-3,10-12H2,1H3,(H,22,23). The predicted molar refractivity (Wildman–Crippen MR) is 91.2 cm³/mol. The Kier molecular flexibility index (Phi) is 4.93. The maximum absolute atomic E-state index is 10.9. The lowest BCUT2D eigenvalue weighted by molar-refractivity contribution is -0.138. The van der Waals surface area contributed by atoms with E-state index >= 15 is 0 Å². The molecule has 6 nitrogen and oxygen atoms in total. The van der Waals surface area contributed by atoms with Crippen LogP contribution in [-0.2, 0) is 4.79 Å². The first-order valence-corrected chi connectivity index (χ1v) is 8.10. The van der Waals surface area contributed by atoms with E-state index in [-0.39, 0.29) is 12.3 Å². The van der Waals surface area contributed by atoms with Crippen LogP contribution in [0.5, 0.6) is 5.75 Å². The molecule has 1 saturated heterocycles. The third-order valence-electron chi connectivity index (χ3n) is 4.29. The number of carboxylic acid groups (broad SMARTS) is 1. The number of aromatic nitrogens is 2. The van der Waals surface area contributed by atoms with E-state index in [0.717, 1.165) is 36.4 Å². The van der Waals surface area contributed by atoms with Crippen LogP contribution < -0.4 is 9.64 Å². The molecule has 0 amide bonds. The number of nitrogens with zero attached hydrogens (tertiary/aromatic N) is 3. The van der Waals surface area contributed by atoms with Crippen LogP contribution in [0.4, 0.5) is 5.95 Å². The Hall–Kier alpha value is -2.63. The Morgan fingerprint density at radius 1 is 1.33 bits per heavy atom. The number of piperidine rings is 1. The Balaban J connectivity index is 1.78. The molecule has 1 unspecified atom stereocenters. The van der Waals surface area contributed by atoms with Gasteiger partial charge in [0.2, 0.25) is 5.95 Å². The van der Waals surface area contributed by atoms with Crippen LogP contribution in [0.15, 0.2) is 36.5 Å². The number of hydrogen-bond acceptors (Lipinski definition) is 5. The van der Waals surface area contributed by atoms with Crippen molar-refractivity contribution in [2.45, 2.75) is 19.3 Å². The number of carboxylic acids is 1.